The Labute approximate surface area is 334 Å². The zero-order valence-corrected chi connectivity index (χ0v) is 33.0. The number of aromatic amines is 1. The molecule has 8 rings (SSSR count). The summed E-state index contributed by atoms with van der Waals surface area (Å²) in [6, 6.07) is 25.9. The number of hydrogen-bond acceptors (Lipinski definition) is 8. The number of carbonyl (C=O) groups is 1. The van der Waals surface area contributed by atoms with Gasteiger partial charge in [0, 0.05) is 48.7 Å². The van der Waals surface area contributed by atoms with Crippen molar-refractivity contribution >= 4 is 34.4 Å². The highest BCUT2D eigenvalue weighted by Crippen LogP contribution is 2.38. The molecular weight excluding hydrogens is 715 g/mol. The second-order valence-corrected chi connectivity index (χ2v) is 15.4. The Kier molecular flexibility index (Phi) is 12.1. The molecule has 0 radical (unpaired) electrons. The Morgan fingerprint density at radius 1 is 0.719 bits per heavy atom. The fourth-order valence-electron chi connectivity index (χ4n) is 8.33. The van der Waals surface area contributed by atoms with E-state index in [9.17, 15) is 9.59 Å². The van der Waals surface area contributed by atoms with Gasteiger partial charge in [0.1, 0.15) is 11.6 Å². The fraction of sp³-hybridized carbons (Fsp3) is 0.404. The number of benzene rings is 4. The van der Waals surface area contributed by atoms with E-state index in [1.165, 1.54) is 25.7 Å². The van der Waals surface area contributed by atoms with Crippen molar-refractivity contribution in [2.24, 2.45) is 4.99 Å². The normalized spacial score (nSPS) is 16.2. The van der Waals surface area contributed by atoms with Crippen LogP contribution >= 0.6 is 0 Å². The van der Waals surface area contributed by atoms with Crippen LogP contribution in [0.5, 0.6) is 17.2 Å². The van der Waals surface area contributed by atoms with Gasteiger partial charge in [-0.1, -0.05) is 81.0 Å². The molecule has 0 bridgehead atoms. The van der Waals surface area contributed by atoms with Crippen molar-refractivity contribution in [3.63, 3.8) is 0 Å². The maximum Gasteiger partial charge on any atom is 0.259 e. The average Bonchev–Trinajstić information content (AvgIpc) is 3.95. The monoisotopic (exact) mass is 767 g/mol. The van der Waals surface area contributed by atoms with Crippen LogP contribution in [0.4, 0.5) is 11.4 Å². The van der Waals surface area contributed by atoms with Crippen LogP contribution in [-0.2, 0) is 0 Å². The maximum absolute atomic E-state index is 13.4. The first-order valence-corrected chi connectivity index (χ1v) is 20.9. The minimum Gasteiger partial charge on any atom is -0.494 e. The van der Waals surface area contributed by atoms with Crippen molar-refractivity contribution in [1.29, 1.82) is 0 Å². The van der Waals surface area contributed by atoms with Gasteiger partial charge in [0.2, 0.25) is 0 Å². The second-order valence-electron chi connectivity index (χ2n) is 15.4. The van der Waals surface area contributed by atoms with Gasteiger partial charge in [-0.2, -0.15) is 0 Å². The molecule has 10 heteroatoms. The molecule has 4 aromatic carbocycles. The summed E-state index contributed by atoms with van der Waals surface area (Å²) in [7, 11) is 1.61. The fourth-order valence-corrected chi connectivity index (χ4v) is 8.33. The summed E-state index contributed by atoms with van der Waals surface area (Å²) in [5.74, 6) is 2.67. The van der Waals surface area contributed by atoms with E-state index in [0.717, 1.165) is 99.1 Å². The molecule has 0 unspecified atom stereocenters. The van der Waals surface area contributed by atoms with Gasteiger partial charge in [-0.3, -0.25) is 14.6 Å². The molecule has 1 aromatic heterocycles. The Hall–Kier alpha value is -5.64. The lowest BCUT2D eigenvalue weighted by Gasteiger charge is -2.20. The number of rotatable bonds is 17. The molecule has 3 aliphatic rings. The summed E-state index contributed by atoms with van der Waals surface area (Å²) in [4.78, 5) is 43.5. The molecule has 57 heavy (non-hydrogen) atoms. The van der Waals surface area contributed by atoms with Gasteiger partial charge in [0.05, 0.1) is 48.5 Å². The number of hydrogen-bond donors (Lipinski definition) is 1. The number of aromatic nitrogens is 2. The first-order chi connectivity index (χ1) is 28.1. The number of ether oxygens (including phenoxy) is 3. The van der Waals surface area contributed by atoms with Crippen LogP contribution in [-0.4, -0.2) is 73.0 Å². The molecule has 3 aliphatic heterocycles. The zero-order valence-electron chi connectivity index (χ0n) is 33.0. The number of anilines is 1. The van der Waals surface area contributed by atoms with Crippen LogP contribution in [0.15, 0.2) is 88.6 Å². The molecule has 2 fully saturated rings. The summed E-state index contributed by atoms with van der Waals surface area (Å²) in [5, 5.41) is 0.608. The third-order valence-electron chi connectivity index (χ3n) is 11.5. The molecule has 5 aromatic rings. The number of nitrogens with zero attached hydrogens (tertiary/aromatic N) is 4. The molecule has 1 atom stereocenters. The van der Waals surface area contributed by atoms with Crippen molar-refractivity contribution in [2.45, 2.75) is 83.1 Å². The summed E-state index contributed by atoms with van der Waals surface area (Å²) >= 11 is 0. The first-order valence-electron chi connectivity index (χ1n) is 20.9. The number of nitrogens with one attached hydrogen (secondary N) is 1. The second kappa shape index (κ2) is 18.1. The van der Waals surface area contributed by atoms with Gasteiger partial charge in [-0.15, -0.1) is 0 Å². The predicted octanol–water partition coefficient (Wildman–Crippen LogP) is 9.76. The van der Waals surface area contributed by atoms with E-state index in [1.54, 1.807) is 13.2 Å². The molecule has 0 spiro atoms. The number of fused-ring (bicyclic) bond motifs is 3. The van der Waals surface area contributed by atoms with E-state index in [1.807, 2.05) is 65.7 Å². The molecule has 0 aliphatic carbocycles. The molecule has 0 saturated carbocycles. The highest BCUT2D eigenvalue weighted by atomic mass is 16.5. The SMILES string of the molecule is COc1cc2c(cc1OCCCCCCCCCCOc1ccc(-c3cc(N4CCCC4)cc4c(=O)[nH]c(-c5ccccc5)nc34)cc1)N=C[C@@H]1CCCN1C2=O. The van der Waals surface area contributed by atoms with Crippen molar-refractivity contribution < 1.29 is 19.0 Å². The minimum absolute atomic E-state index is 0.0221. The van der Waals surface area contributed by atoms with E-state index in [4.69, 9.17) is 19.2 Å². The summed E-state index contributed by atoms with van der Waals surface area (Å²) < 4.78 is 17.8. The van der Waals surface area contributed by atoms with Crippen LogP contribution in [0.2, 0.25) is 0 Å². The minimum atomic E-state index is -0.124. The maximum atomic E-state index is 13.4. The summed E-state index contributed by atoms with van der Waals surface area (Å²) in [5.41, 5.74) is 5.74. The van der Waals surface area contributed by atoms with Gasteiger partial charge in [0.25, 0.3) is 11.5 Å². The van der Waals surface area contributed by atoms with E-state index in [2.05, 4.69) is 33.1 Å². The summed E-state index contributed by atoms with van der Waals surface area (Å²) in [6.07, 6.45) is 15.2. The largest absolute Gasteiger partial charge is 0.494 e. The number of carbonyl (C=O) groups excluding carboxylic acids is 1. The quantitative estimate of drug-likeness (QED) is 0.0939. The lowest BCUT2D eigenvalue weighted by Crippen LogP contribution is -2.35. The standard InChI is InChI=1S/C47H53N5O5/c1-55-42-30-39-41(48-32-35-18-15-25-52(35)47(39)54)31-43(42)57-27-14-7-5-3-2-4-6-13-26-56-37-21-19-33(20-22-37)38-28-36(51-23-11-12-24-51)29-40-44(38)49-45(50-46(40)53)34-16-9-8-10-17-34/h8-10,16-17,19-22,28-32,35H,2-7,11-15,18,23-27H2,1H3,(H,49,50,53)/t35-/m0/s1. The van der Waals surface area contributed by atoms with Crippen LogP contribution in [0.3, 0.4) is 0 Å². The molecule has 4 heterocycles. The van der Waals surface area contributed by atoms with Crippen LogP contribution < -0.4 is 24.7 Å². The Morgan fingerprint density at radius 2 is 1.44 bits per heavy atom. The average molecular weight is 768 g/mol. The third kappa shape index (κ3) is 8.85. The van der Waals surface area contributed by atoms with Gasteiger partial charge >= 0.3 is 0 Å². The van der Waals surface area contributed by atoms with Crippen molar-refractivity contribution in [3.05, 3.63) is 94.8 Å². The lowest BCUT2D eigenvalue weighted by atomic mass is 10.0. The highest BCUT2D eigenvalue weighted by Gasteiger charge is 2.32. The first kappa shape index (κ1) is 38.2. The van der Waals surface area contributed by atoms with Crippen molar-refractivity contribution in [2.75, 3.05) is 44.9 Å². The Balaban J connectivity index is 0.769. The Bertz CT molecular complexity index is 2250. The van der Waals surface area contributed by atoms with Crippen LogP contribution in [0, 0.1) is 0 Å². The number of unbranched alkanes of at least 4 members (excludes halogenated alkanes) is 7. The van der Waals surface area contributed by atoms with Gasteiger partial charge in [-0.25, -0.2) is 4.98 Å². The Morgan fingerprint density at radius 3 is 2.18 bits per heavy atom. The molecule has 1 amide bonds. The third-order valence-corrected chi connectivity index (χ3v) is 11.5. The van der Waals surface area contributed by atoms with E-state index in [0.29, 0.717) is 52.7 Å². The summed E-state index contributed by atoms with van der Waals surface area (Å²) in [6.45, 7) is 4.06. The zero-order chi connectivity index (χ0) is 39.0. The number of amides is 1. The van der Waals surface area contributed by atoms with Gasteiger partial charge in [0.15, 0.2) is 11.5 Å². The van der Waals surface area contributed by atoms with Crippen LogP contribution in [0.25, 0.3) is 33.4 Å². The highest BCUT2D eigenvalue weighted by molar-refractivity contribution is 6.03. The topological polar surface area (TPSA) is 109 Å². The van der Waals surface area contributed by atoms with Crippen molar-refractivity contribution in [3.8, 4) is 39.8 Å². The van der Waals surface area contributed by atoms with Gasteiger partial charge in [-0.05, 0) is 74.4 Å². The van der Waals surface area contributed by atoms with E-state index >= 15 is 0 Å². The number of aliphatic imine (C=N–C) groups is 1. The predicted molar refractivity (Wildman–Crippen MR) is 228 cm³/mol. The lowest BCUT2D eigenvalue weighted by molar-refractivity contribution is 0.0774. The van der Waals surface area contributed by atoms with E-state index in [-0.39, 0.29) is 17.5 Å². The van der Waals surface area contributed by atoms with Gasteiger partial charge < -0.3 is 29.0 Å². The van der Waals surface area contributed by atoms with E-state index < -0.39 is 0 Å². The number of H-pyrrole nitrogens is 1. The molecule has 10 nitrogen and oxygen atoms in total. The number of methoxy groups -OCH3 is 1. The molecule has 296 valence electrons. The van der Waals surface area contributed by atoms with Crippen molar-refractivity contribution in [1.82, 2.24) is 14.9 Å². The molecular formula is C47H53N5O5. The molecule has 1 N–H and O–H groups in total. The molecule has 2 saturated heterocycles. The van der Waals surface area contributed by atoms with Crippen LogP contribution in [0.1, 0.15) is 87.4 Å². The smallest absolute Gasteiger partial charge is 0.259 e.